The fourth-order valence-corrected chi connectivity index (χ4v) is 2.68. The van der Waals surface area contributed by atoms with Crippen molar-refractivity contribution in [3.05, 3.63) is 29.3 Å². The zero-order chi connectivity index (χ0) is 21.3. The molecule has 0 aliphatic carbocycles. The van der Waals surface area contributed by atoms with Gasteiger partial charge in [0.15, 0.2) is 0 Å². The van der Waals surface area contributed by atoms with Crippen LogP contribution in [-0.2, 0) is 30.0 Å². The lowest BCUT2D eigenvalue weighted by Gasteiger charge is -2.32. The largest absolute Gasteiger partial charge is 0.495 e. The smallest absolute Gasteiger partial charge is 0.458 e. The second-order valence-electron chi connectivity index (χ2n) is 8.94. The van der Waals surface area contributed by atoms with E-state index in [9.17, 15) is 13.6 Å². The van der Waals surface area contributed by atoms with E-state index in [-0.39, 0.29) is 30.7 Å². The van der Waals surface area contributed by atoms with Crippen molar-refractivity contribution in [1.82, 2.24) is 0 Å². The van der Waals surface area contributed by atoms with Crippen LogP contribution in [-0.4, -0.2) is 43.1 Å². The number of carbonyl (C=O) groups excluding carboxylic acids is 1. The molecule has 0 radical (unpaired) electrons. The SMILES string of the molecule is CC(C)(C)OC(=O)COCCc1c(F)cc(B2OC(C)(C)C(C)(C)O2)cc1F. The molecule has 28 heavy (non-hydrogen) atoms. The van der Waals surface area contributed by atoms with Crippen molar-refractivity contribution in [1.29, 1.82) is 0 Å². The molecule has 156 valence electrons. The summed E-state index contributed by atoms with van der Waals surface area (Å²) in [6.45, 7) is 12.4. The third-order valence-corrected chi connectivity index (χ3v) is 4.83. The van der Waals surface area contributed by atoms with Crippen molar-refractivity contribution < 1.29 is 32.4 Å². The first-order valence-corrected chi connectivity index (χ1v) is 9.35. The molecule has 2 rings (SSSR count). The summed E-state index contributed by atoms with van der Waals surface area (Å²) < 4.78 is 50.9. The van der Waals surface area contributed by atoms with E-state index in [1.54, 1.807) is 20.8 Å². The van der Waals surface area contributed by atoms with Crippen LogP contribution in [0.3, 0.4) is 0 Å². The van der Waals surface area contributed by atoms with E-state index in [2.05, 4.69) is 0 Å². The van der Waals surface area contributed by atoms with Gasteiger partial charge in [0.05, 0.1) is 17.8 Å². The number of hydrogen-bond acceptors (Lipinski definition) is 5. The van der Waals surface area contributed by atoms with Crippen molar-refractivity contribution in [3.8, 4) is 0 Å². The molecule has 1 aliphatic heterocycles. The second kappa shape index (κ2) is 8.09. The molecule has 0 spiro atoms. The first-order valence-electron chi connectivity index (χ1n) is 9.35. The quantitative estimate of drug-likeness (QED) is 0.419. The molecule has 0 atom stereocenters. The minimum Gasteiger partial charge on any atom is -0.458 e. The normalized spacial score (nSPS) is 18.4. The molecule has 1 aromatic carbocycles. The molecule has 1 fully saturated rings. The Morgan fingerprint density at radius 1 is 1.07 bits per heavy atom. The lowest BCUT2D eigenvalue weighted by Crippen LogP contribution is -2.41. The zero-order valence-corrected chi connectivity index (χ0v) is 17.7. The minimum absolute atomic E-state index is 0.00981. The van der Waals surface area contributed by atoms with Gasteiger partial charge in [-0.05, 0) is 66.1 Å². The maximum Gasteiger partial charge on any atom is 0.495 e. The Morgan fingerprint density at radius 2 is 1.57 bits per heavy atom. The lowest BCUT2D eigenvalue weighted by atomic mass is 9.78. The van der Waals surface area contributed by atoms with E-state index in [1.165, 1.54) is 12.1 Å². The van der Waals surface area contributed by atoms with Gasteiger partial charge in [-0.3, -0.25) is 0 Å². The Morgan fingerprint density at radius 3 is 2.04 bits per heavy atom. The van der Waals surface area contributed by atoms with Crippen molar-refractivity contribution in [2.75, 3.05) is 13.2 Å². The monoisotopic (exact) mass is 398 g/mol. The second-order valence-corrected chi connectivity index (χ2v) is 8.94. The Kier molecular flexibility index (Phi) is 6.58. The first kappa shape index (κ1) is 22.8. The standard InChI is InChI=1S/C20H29BF2O5/c1-18(2,3)26-17(24)12-25-9-8-14-15(22)10-13(11-16(14)23)21-27-19(4,5)20(6,7)28-21/h10-11H,8-9,12H2,1-7H3. The fourth-order valence-electron chi connectivity index (χ4n) is 2.68. The van der Waals surface area contributed by atoms with E-state index in [1.807, 2.05) is 27.7 Å². The van der Waals surface area contributed by atoms with Gasteiger partial charge in [-0.25, -0.2) is 13.6 Å². The lowest BCUT2D eigenvalue weighted by molar-refractivity contribution is -0.160. The summed E-state index contributed by atoms with van der Waals surface area (Å²) in [7, 11) is -0.841. The summed E-state index contributed by atoms with van der Waals surface area (Å²) in [5.41, 5.74) is -1.63. The average Bonchev–Trinajstić information content (AvgIpc) is 2.72. The van der Waals surface area contributed by atoms with Crippen LogP contribution in [0.5, 0.6) is 0 Å². The van der Waals surface area contributed by atoms with Crippen LogP contribution < -0.4 is 5.46 Å². The predicted molar refractivity (Wildman–Crippen MR) is 102 cm³/mol. The maximum absolute atomic E-state index is 14.5. The van der Waals surface area contributed by atoms with Gasteiger partial charge in [0.1, 0.15) is 23.8 Å². The van der Waals surface area contributed by atoms with Gasteiger partial charge in [-0.1, -0.05) is 0 Å². The molecule has 1 aliphatic rings. The summed E-state index contributed by atoms with van der Waals surface area (Å²) in [5, 5.41) is 0. The molecule has 0 amide bonds. The summed E-state index contributed by atoms with van der Waals surface area (Å²) in [6, 6.07) is 2.43. The first-order chi connectivity index (χ1) is 12.7. The number of halogens is 2. The van der Waals surface area contributed by atoms with Crippen LogP contribution in [0.15, 0.2) is 12.1 Å². The van der Waals surface area contributed by atoms with Crippen LogP contribution in [0.4, 0.5) is 8.78 Å². The zero-order valence-electron chi connectivity index (χ0n) is 17.7. The van der Waals surface area contributed by atoms with Crippen molar-refractivity contribution in [2.45, 2.75) is 71.7 Å². The van der Waals surface area contributed by atoms with Crippen LogP contribution >= 0.6 is 0 Å². The Hall–Kier alpha value is -1.51. The van der Waals surface area contributed by atoms with Crippen LogP contribution in [0, 0.1) is 11.6 Å². The summed E-state index contributed by atoms with van der Waals surface area (Å²) in [5.74, 6) is -1.93. The third kappa shape index (κ3) is 5.52. The van der Waals surface area contributed by atoms with Crippen LogP contribution in [0.25, 0.3) is 0 Å². The molecule has 0 unspecified atom stereocenters. The Labute approximate surface area is 165 Å². The molecule has 8 heteroatoms. The Bertz CT molecular complexity index is 689. The summed E-state index contributed by atoms with van der Waals surface area (Å²) in [4.78, 5) is 11.6. The highest BCUT2D eigenvalue weighted by molar-refractivity contribution is 6.62. The molecule has 1 aromatic rings. The summed E-state index contributed by atoms with van der Waals surface area (Å²) >= 11 is 0. The highest BCUT2D eigenvalue weighted by Crippen LogP contribution is 2.36. The van der Waals surface area contributed by atoms with Crippen molar-refractivity contribution in [2.24, 2.45) is 0 Å². The van der Waals surface area contributed by atoms with Gasteiger partial charge in [0, 0.05) is 12.0 Å². The van der Waals surface area contributed by atoms with Gasteiger partial charge < -0.3 is 18.8 Å². The van der Waals surface area contributed by atoms with E-state index < -0.39 is 41.5 Å². The Balaban J connectivity index is 1.97. The molecule has 0 N–H and O–H groups in total. The van der Waals surface area contributed by atoms with Gasteiger partial charge >= 0.3 is 13.1 Å². The number of esters is 1. The van der Waals surface area contributed by atoms with Gasteiger partial charge in [0.25, 0.3) is 0 Å². The van der Waals surface area contributed by atoms with Gasteiger partial charge in [0.2, 0.25) is 0 Å². The molecule has 0 bridgehead atoms. The topological polar surface area (TPSA) is 54.0 Å². The molecule has 1 heterocycles. The number of ether oxygens (including phenoxy) is 2. The van der Waals surface area contributed by atoms with Gasteiger partial charge in [-0.15, -0.1) is 0 Å². The van der Waals surface area contributed by atoms with E-state index in [4.69, 9.17) is 18.8 Å². The van der Waals surface area contributed by atoms with E-state index >= 15 is 0 Å². The van der Waals surface area contributed by atoms with Crippen molar-refractivity contribution in [3.63, 3.8) is 0 Å². The number of benzene rings is 1. The predicted octanol–water partition coefficient (Wildman–Crippen LogP) is 3.16. The summed E-state index contributed by atoms with van der Waals surface area (Å²) in [6.07, 6.45) is -0.00981. The fraction of sp³-hybridized carbons (Fsp3) is 0.650. The van der Waals surface area contributed by atoms with Crippen molar-refractivity contribution >= 4 is 18.6 Å². The van der Waals surface area contributed by atoms with Gasteiger partial charge in [-0.2, -0.15) is 0 Å². The molecular formula is C20H29BF2O5. The maximum atomic E-state index is 14.5. The minimum atomic E-state index is -0.841. The molecule has 1 saturated heterocycles. The van der Waals surface area contributed by atoms with E-state index in [0.717, 1.165) is 0 Å². The average molecular weight is 398 g/mol. The highest BCUT2D eigenvalue weighted by Gasteiger charge is 2.51. The molecular weight excluding hydrogens is 369 g/mol. The number of rotatable bonds is 6. The molecule has 0 saturated carbocycles. The molecule has 5 nitrogen and oxygen atoms in total. The van der Waals surface area contributed by atoms with Crippen LogP contribution in [0.2, 0.25) is 0 Å². The molecule has 0 aromatic heterocycles. The van der Waals surface area contributed by atoms with E-state index in [0.29, 0.717) is 0 Å². The number of hydrogen-bond donors (Lipinski definition) is 0. The highest BCUT2D eigenvalue weighted by atomic mass is 19.1. The third-order valence-electron chi connectivity index (χ3n) is 4.83. The van der Waals surface area contributed by atoms with Crippen LogP contribution in [0.1, 0.15) is 54.0 Å². The number of carbonyl (C=O) groups is 1.